The van der Waals surface area contributed by atoms with Gasteiger partial charge in [-0.3, -0.25) is 4.72 Å². The fourth-order valence-electron chi connectivity index (χ4n) is 1.08. The van der Waals surface area contributed by atoms with Crippen molar-refractivity contribution in [3.05, 3.63) is 12.1 Å². The summed E-state index contributed by atoms with van der Waals surface area (Å²) in [4.78, 5) is 2.04. The third kappa shape index (κ3) is 6.03. The van der Waals surface area contributed by atoms with Gasteiger partial charge in [-0.15, -0.1) is 10.2 Å². The molecule has 0 amide bonds. The zero-order valence-electron chi connectivity index (χ0n) is 10.1. The fraction of sp³-hybridized carbons (Fsp3) is 0.556. The average molecular weight is 259 g/mol. The van der Waals surface area contributed by atoms with Crippen LogP contribution >= 0.6 is 0 Å². The molecule has 0 atom stereocenters. The zero-order chi connectivity index (χ0) is 12.9. The van der Waals surface area contributed by atoms with Crippen molar-refractivity contribution in [3.63, 3.8) is 0 Å². The lowest BCUT2D eigenvalue weighted by atomic mass is 10.5. The molecule has 0 aromatic carbocycles. The third-order valence-corrected chi connectivity index (χ3v) is 2.40. The van der Waals surface area contributed by atoms with E-state index in [0.717, 1.165) is 19.3 Å². The zero-order valence-corrected chi connectivity index (χ0v) is 11.0. The fourth-order valence-corrected chi connectivity index (χ4v) is 1.57. The van der Waals surface area contributed by atoms with Crippen LogP contribution in [0.2, 0.25) is 0 Å². The van der Waals surface area contributed by atoms with Crippen molar-refractivity contribution in [2.75, 3.05) is 43.5 Å². The smallest absolute Gasteiger partial charge is 0.231 e. The molecule has 0 fully saturated rings. The van der Waals surface area contributed by atoms with E-state index in [9.17, 15) is 8.42 Å². The second-order valence-electron chi connectivity index (χ2n) is 3.91. The Balaban J connectivity index is 2.50. The summed E-state index contributed by atoms with van der Waals surface area (Å²) in [6.45, 7) is 1.63. The van der Waals surface area contributed by atoms with Gasteiger partial charge >= 0.3 is 0 Å². The molecule has 1 aromatic heterocycles. The third-order valence-electron chi connectivity index (χ3n) is 1.82. The summed E-state index contributed by atoms with van der Waals surface area (Å²) in [6.07, 6.45) is 1.07. The lowest BCUT2D eigenvalue weighted by Crippen LogP contribution is -2.21. The van der Waals surface area contributed by atoms with Gasteiger partial charge in [0.15, 0.2) is 5.82 Å². The average Bonchev–Trinajstić information content (AvgIpc) is 2.18. The minimum Gasteiger partial charge on any atom is -0.367 e. The first kappa shape index (κ1) is 13.7. The molecule has 0 unspecified atom stereocenters. The van der Waals surface area contributed by atoms with Crippen molar-refractivity contribution in [3.8, 4) is 0 Å². The van der Waals surface area contributed by atoms with Gasteiger partial charge in [0, 0.05) is 13.1 Å². The maximum Gasteiger partial charge on any atom is 0.231 e. The molecule has 0 aliphatic rings. The maximum absolute atomic E-state index is 10.9. The number of sulfonamides is 1. The van der Waals surface area contributed by atoms with Crippen LogP contribution in [0.1, 0.15) is 0 Å². The van der Waals surface area contributed by atoms with Crippen molar-refractivity contribution in [2.24, 2.45) is 0 Å². The van der Waals surface area contributed by atoms with Gasteiger partial charge < -0.3 is 10.2 Å². The molecule has 1 heterocycles. The molecule has 8 heteroatoms. The Morgan fingerprint density at radius 1 is 1.24 bits per heavy atom. The number of hydrogen-bond acceptors (Lipinski definition) is 6. The summed E-state index contributed by atoms with van der Waals surface area (Å²) >= 11 is 0. The van der Waals surface area contributed by atoms with Crippen molar-refractivity contribution < 1.29 is 8.42 Å². The normalized spacial score (nSPS) is 11.5. The molecule has 2 N–H and O–H groups in total. The molecular weight excluding hydrogens is 242 g/mol. The first-order chi connectivity index (χ1) is 7.87. The highest BCUT2D eigenvalue weighted by Crippen LogP contribution is 2.06. The molecule has 0 aliphatic heterocycles. The Morgan fingerprint density at radius 3 is 2.29 bits per heavy atom. The Hall–Kier alpha value is -1.41. The van der Waals surface area contributed by atoms with Crippen LogP contribution in [0.5, 0.6) is 0 Å². The molecule has 0 saturated carbocycles. The second kappa shape index (κ2) is 5.78. The van der Waals surface area contributed by atoms with E-state index in [1.165, 1.54) is 0 Å². The highest BCUT2D eigenvalue weighted by Gasteiger charge is 2.03. The Bertz CT molecular complexity index is 443. The molecule has 0 bridgehead atoms. The van der Waals surface area contributed by atoms with Gasteiger partial charge in [-0.05, 0) is 26.2 Å². The largest absolute Gasteiger partial charge is 0.367 e. The molecule has 0 saturated heterocycles. The van der Waals surface area contributed by atoms with Gasteiger partial charge in [0.2, 0.25) is 10.0 Å². The first-order valence-electron chi connectivity index (χ1n) is 5.07. The molecule has 0 radical (unpaired) electrons. The summed E-state index contributed by atoms with van der Waals surface area (Å²) < 4.78 is 24.1. The highest BCUT2D eigenvalue weighted by molar-refractivity contribution is 7.92. The predicted molar refractivity (Wildman–Crippen MR) is 67.5 cm³/mol. The predicted octanol–water partition coefficient (Wildman–Crippen LogP) is -0.178. The molecule has 1 aromatic rings. The van der Waals surface area contributed by atoms with Crippen LogP contribution < -0.4 is 10.0 Å². The van der Waals surface area contributed by atoms with E-state index in [0.29, 0.717) is 5.82 Å². The van der Waals surface area contributed by atoms with E-state index in [2.05, 4.69) is 20.2 Å². The molecule has 0 spiro atoms. The van der Waals surface area contributed by atoms with Crippen LogP contribution in [-0.2, 0) is 10.0 Å². The van der Waals surface area contributed by atoms with E-state index in [1.54, 1.807) is 12.1 Å². The van der Waals surface area contributed by atoms with E-state index in [-0.39, 0.29) is 5.82 Å². The van der Waals surface area contributed by atoms with Gasteiger partial charge in [0.25, 0.3) is 0 Å². The van der Waals surface area contributed by atoms with E-state index in [1.807, 2.05) is 19.0 Å². The standard InChI is InChI=1S/C9H17N5O2S/c1-14(2)7-6-10-8-4-5-9(12-11-8)13-17(3,15)16/h4-5H,6-7H2,1-3H3,(H,10,11)(H,12,13). The van der Waals surface area contributed by atoms with Gasteiger partial charge in [-0.1, -0.05) is 0 Å². The number of anilines is 2. The monoisotopic (exact) mass is 259 g/mol. The van der Waals surface area contributed by atoms with Crippen molar-refractivity contribution >= 4 is 21.7 Å². The van der Waals surface area contributed by atoms with E-state index in [4.69, 9.17) is 0 Å². The van der Waals surface area contributed by atoms with Crippen LogP contribution in [0.25, 0.3) is 0 Å². The minimum atomic E-state index is -3.30. The second-order valence-corrected chi connectivity index (χ2v) is 5.66. The molecule has 1 rings (SSSR count). The first-order valence-corrected chi connectivity index (χ1v) is 6.96. The van der Waals surface area contributed by atoms with Crippen LogP contribution in [0.4, 0.5) is 11.6 Å². The van der Waals surface area contributed by atoms with Crippen molar-refractivity contribution in [2.45, 2.75) is 0 Å². The maximum atomic E-state index is 10.9. The molecular formula is C9H17N5O2S. The minimum absolute atomic E-state index is 0.214. The molecule has 96 valence electrons. The number of nitrogens with zero attached hydrogens (tertiary/aromatic N) is 3. The van der Waals surface area contributed by atoms with Gasteiger partial charge in [-0.25, -0.2) is 8.42 Å². The molecule has 7 nitrogen and oxygen atoms in total. The highest BCUT2D eigenvalue weighted by atomic mass is 32.2. The van der Waals surface area contributed by atoms with Crippen LogP contribution in [0, 0.1) is 0 Å². The van der Waals surface area contributed by atoms with Gasteiger partial charge in [-0.2, -0.15) is 0 Å². The van der Waals surface area contributed by atoms with Gasteiger partial charge in [0.1, 0.15) is 5.82 Å². The van der Waals surface area contributed by atoms with Crippen molar-refractivity contribution in [1.29, 1.82) is 0 Å². The number of likely N-dealkylation sites (N-methyl/N-ethyl adjacent to an activating group) is 1. The summed E-state index contributed by atoms with van der Waals surface area (Å²) in [5.41, 5.74) is 0. The topological polar surface area (TPSA) is 87.2 Å². The number of rotatable bonds is 6. The van der Waals surface area contributed by atoms with Crippen molar-refractivity contribution in [1.82, 2.24) is 15.1 Å². The van der Waals surface area contributed by atoms with E-state index >= 15 is 0 Å². The summed E-state index contributed by atoms with van der Waals surface area (Å²) in [5, 5.41) is 10.7. The lowest BCUT2D eigenvalue weighted by Gasteiger charge is -2.10. The number of aromatic nitrogens is 2. The SMILES string of the molecule is CN(C)CCNc1ccc(NS(C)(=O)=O)nn1. The summed E-state index contributed by atoms with van der Waals surface area (Å²) in [5.74, 6) is 0.830. The Morgan fingerprint density at radius 2 is 1.82 bits per heavy atom. The number of hydrogen-bond donors (Lipinski definition) is 2. The van der Waals surface area contributed by atoms with Crippen LogP contribution in [0.15, 0.2) is 12.1 Å². The molecule has 0 aliphatic carbocycles. The lowest BCUT2D eigenvalue weighted by molar-refractivity contribution is 0.425. The Labute approximate surface area is 101 Å². The summed E-state index contributed by atoms with van der Waals surface area (Å²) in [6, 6.07) is 3.24. The van der Waals surface area contributed by atoms with Gasteiger partial charge in [0.05, 0.1) is 6.26 Å². The quantitative estimate of drug-likeness (QED) is 0.737. The van der Waals surface area contributed by atoms with Crippen LogP contribution in [-0.4, -0.2) is 57.0 Å². The van der Waals surface area contributed by atoms with Crippen LogP contribution in [0.3, 0.4) is 0 Å². The Kier molecular flexibility index (Phi) is 4.64. The summed E-state index contributed by atoms with van der Waals surface area (Å²) in [7, 11) is 0.660. The van der Waals surface area contributed by atoms with E-state index < -0.39 is 10.0 Å². The number of nitrogens with one attached hydrogen (secondary N) is 2. The molecule has 17 heavy (non-hydrogen) atoms.